The molecule has 0 saturated heterocycles. The van der Waals surface area contributed by atoms with E-state index in [1.165, 1.54) is 19.3 Å². The van der Waals surface area contributed by atoms with Crippen molar-refractivity contribution >= 4 is 18.0 Å². The first-order valence-corrected chi connectivity index (χ1v) is 9.38. The summed E-state index contributed by atoms with van der Waals surface area (Å²) >= 11 is 6.05. The average molecular weight is 287 g/mol. The maximum atomic E-state index is 12.2. The van der Waals surface area contributed by atoms with Crippen LogP contribution in [-0.4, -0.2) is 12.3 Å². The van der Waals surface area contributed by atoms with Crippen LogP contribution in [0.2, 0.25) is 0 Å². The van der Waals surface area contributed by atoms with Crippen molar-refractivity contribution in [2.24, 2.45) is 0 Å². The van der Waals surface area contributed by atoms with Crippen LogP contribution in [0.25, 0.3) is 0 Å². The van der Waals surface area contributed by atoms with Gasteiger partial charge in [-0.05, 0) is 36.1 Å². The van der Waals surface area contributed by atoms with E-state index >= 15 is 0 Å². The van der Waals surface area contributed by atoms with Crippen LogP contribution in [0, 0.1) is 0 Å². The van der Waals surface area contributed by atoms with E-state index in [0.717, 1.165) is 18.4 Å². The van der Waals surface area contributed by atoms with Crippen molar-refractivity contribution in [2.45, 2.75) is 44.6 Å². The number of benzene rings is 1. The largest absolute Gasteiger partial charge is 0.314 e. The average Bonchev–Trinajstić information content (AvgIpc) is 2.38. The van der Waals surface area contributed by atoms with E-state index < -0.39 is 6.72 Å². The van der Waals surface area contributed by atoms with Crippen molar-refractivity contribution in [3.05, 3.63) is 35.9 Å². The number of halogens is 1. The Kier molecular flexibility index (Phi) is 5.29. The molecule has 1 aliphatic carbocycles. The molecule has 1 unspecified atom stereocenters. The molecular formula is C14H20ClO2P. The predicted octanol–water partition coefficient (Wildman–Crippen LogP) is 5.01. The van der Waals surface area contributed by atoms with Gasteiger partial charge in [0.2, 0.25) is 0 Å². The monoisotopic (exact) mass is 286 g/mol. The van der Waals surface area contributed by atoms with Crippen LogP contribution in [0.5, 0.6) is 0 Å². The van der Waals surface area contributed by atoms with Gasteiger partial charge >= 0.3 is 0 Å². The lowest BCUT2D eigenvalue weighted by Gasteiger charge is -2.24. The molecule has 0 aliphatic heterocycles. The van der Waals surface area contributed by atoms with Gasteiger partial charge in [0.1, 0.15) is 0 Å². The minimum Gasteiger partial charge on any atom is -0.314 e. The summed E-state index contributed by atoms with van der Waals surface area (Å²) in [5.41, 5.74) is 1.16. The molecule has 4 heteroatoms. The van der Waals surface area contributed by atoms with Crippen LogP contribution < -0.4 is 0 Å². The molecular weight excluding hydrogens is 267 g/mol. The van der Waals surface area contributed by atoms with Gasteiger partial charge in [0, 0.05) is 6.16 Å². The molecule has 1 saturated carbocycles. The van der Waals surface area contributed by atoms with Gasteiger partial charge < -0.3 is 4.52 Å². The maximum absolute atomic E-state index is 12.2. The first-order chi connectivity index (χ1) is 8.66. The van der Waals surface area contributed by atoms with Crippen molar-refractivity contribution in [3.8, 4) is 0 Å². The normalized spacial score (nSPS) is 20.5. The standard InChI is InChI=1S/C14H20ClO2P/c15-18(16,17-14-9-5-2-6-10-14)12-11-13-7-3-1-4-8-13/h1,3-4,7-8,14H,2,5-6,9-12H2. The fraction of sp³-hybridized carbons (Fsp3) is 0.571. The number of rotatable bonds is 5. The molecule has 1 aromatic rings. The minimum atomic E-state index is -2.95. The summed E-state index contributed by atoms with van der Waals surface area (Å²) in [5.74, 6) is 0. The van der Waals surface area contributed by atoms with Crippen molar-refractivity contribution in [3.63, 3.8) is 0 Å². The molecule has 0 N–H and O–H groups in total. The third-order valence-electron chi connectivity index (χ3n) is 3.37. The Morgan fingerprint density at radius 2 is 1.83 bits per heavy atom. The van der Waals surface area contributed by atoms with Gasteiger partial charge in [-0.25, -0.2) is 0 Å². The zero-order valence-electron chi connectivity index (χ0n) is 10.6. The number of aryl methyl sites for hydroxylation is 1. The Bertz CT molecular complexity index is 402. The van der Waals surface area contributed by atoms with Crippen molar-refractivity contribution in [1.82, 2.24) is 0 Å². The summed E-state index contributed by atoms with van der Waals surface area (Å²) in [6, 6.07) is 9.99. The van der Waals surface area contributed by atoms with Crippen molar-refractivity contribution < 1.29 is 9.09 Å². The Morgan fingerprint density at radius 3 is 2.50 bits per heavy atom. The summed E-state index contributed by atoms with van der Waals surface area (Å²) in [6.45, 7) is -2.95. The summed E-state index contributed by atoms with van der Waals surface area (Å²) in [7, 11) is 0. The van der Waals surface area contributed by atoms with Crippen LogP contribution in [0.4, 0.5) is 0 Å². The molecule has 2 nitrogen and oxygen atoms in total. The van der Waals surface area contributed by atoms with E-state index in [1.807, 2.05) is 30.3 Å². The number of hydrogen-bond donors (Lipinski definition) is 0. The first-order valence-electron chi connectivity index (χ1n) is 6.67. The SMILES string of the molecule is O=P(Cl)(CCc1ccccc1)OC1CCCCC1. The van der Waals surface area contributed by atoms with Crippen molar-refractivity contribution in [2.75, 3.05) is 6.16 Å². The summed E-state index contributed by atoms with van der Waals surface area (Å²) in [5, 5.41) is 0. The van der Waals surface area contributed by atoms with Crippen LogP contribution in [0.15, 0.2) is 30.3 Å². The molecule has 0 bridgehead atoms. The molecule has 0 amide bonds. The molecule has 0 heterocycles. The minimum absolute atomic E-state index is 0.109. The van der Waals surface area contributed by atoms with Crippen molar-refractivity contribution in [1.29, 1.82) is 0 Å². The third kappa shape index (κ3) is 4.76. The Balaban J connectivity index is 1.81. The highest BCUT2D eigenvalue weighted by Crippen LogP contribution is 2.54. The Hall–Kier alpha value is -0.300. The fourth-order valence-electron chi connectivity index (χ4n) is 2.35. The molecule has 1 aliphatic rings. The highest BCUT2D eigenvalue weighted by molar-refractivity contribution is 7.85. The van der Waals surface area contributed by atoms with Gasteiger partial charge in [-0.1, -0.05) is 49.6 Å². The first kappa shape index (κ1) is 14.1. The van der Waals surface area contributed by atoms with Gasteiger partial charge in [0.15, 0.2) is 0 Å². The molecule has 0 aromatic heterocycles. The molecule has 0 radical (unpaired) electrons. The molecule has 100 valence electrons. The van der Waals surface area contributed by atoms with E-state index in [4.69, 9.17) is 15.8 Å². The van der Waals surface area contributed by atoms with Crippen LogP contribution in [0.3, 0.4) is 0 Å². The zero-order chi connectivity index (χ0) is 12.8. The highest BCUT2D eigenvalue weighted by Gasteiger charge is 2.25. The second-order valence-electron chi connectivity index (χ2n) is 4.91. The van der Waals surface area contributed by atoms with E-state index in [1.54, 1.807) is 0 Å². The topological polar surface area (TPSA) is 26.3 Å². The van der Waals surface area contributed by atoms with E-state index in [9.17, 15) is 4.57 Å². The Labute approximate surface area is 114 Å². The third-order valence-corrected chi connectivity index (χ3v) is 5.49. The lowest BCUT2D eigenvalue weighted by atomic mass is 9.98. The molecule has 1 fully saturated rings. The van der Waals surface area contributed by atoms with Crippen LogP contribution >= 0.6 is 18.0 Å². The van der Waals surface area contributed by atoms with E-state index in [2.05, 4.69) is 0 Å². The van der Waals surface area contributed by atoms with Gasteiger partial charge in [0.25, 0.3) is 6.72 Å². The molecule has 18 heavy (non-hydrogen) atoms. The van der Waals surface area contributed by atoms with Gasteiger partial charge in [-0.15, -0.1) is 0 Å². The second kappa shape index (κ2) is 6.75. The summed E-state index contributed by atoms with van der Waals surface area (Å²) in [4.78, 5) is 0. The van der Waals surface area contributed by atoms with E-state index in [0.29, 0.717) is 12.6 Å². The predicted molar refractivity (Wildman–Crippen MR) is 76.4 cm³/mol. The quantitative estimate of drug-likeness (QED) is 0.711. The molecule has 1 aromatic carbocycles. The molecule has 1 atom stereocenters. The van der Waals surface area contributed by atoms with Gasteiger partial charge in [0.05, 0.1) is 6.10 Å². The Morgan fingerprint density at radius 1 is 1.17 bits per heavy atom. The lowest BCUT2D eigenvalue weighted by molar-refractivity contribution is 0.163. The summed E-state index contributed by atoms with van der Waals surface area (Å²) < 4.78 is 17.8. The summed E-state index contributed by atoms with van der Waals surface area (Å²) in [6.07, 6.45) is 6.85. The maximum Gasteiger partial charge on any atom is 0.290 e. The molecule has 0 spiro atoms. The second-order valence-corrected chi connectivity index (χ2v) is 8.30. The van der Waals surface area contributed by atoms with Crippen LogP contribution in [-0.2, 0) is 15.5 Å². The fourth-order valence-corrected chi connectivity index (χ4v) is 4.23. The van der Waals surface area contributed by atoms with Gasteiger partial charge in [-0.3, -0.25) is 4.57 Å². The van der Waals surface area contributed by atoms with E-state index in [-0.39, 0.29) is 6.10 Å². The molecule has 2 rings (SSSR count). The lowest BCUT2D eigenvalue weighted by Crippen LogP contribution is -2.15. The van der Waals surface area contributed by atoms with Crippen LogP contribution in [0.1, 0.15) is 37.7 Å². The zero-order valence-corrected chi connectivity index (χ0v) is 12.2. The van der Waals surface area contributed by atoms with Gasteiger partial charge in [-0.2, -0.15) is 0 Å². The smallest absolute Gasteiger partial charge is 0.290 e. The highest BCUT2D eigenvalue weighted by atomic mass is 35.7. The number of hydrogen-bond acceptors (Lipinski definition) is 2.